The molecule has 2 aliphatic rings. The van der Waals surface area contributed by atoms with Gasteiger partial charge in [-0.3, -0.25) is 4.79 Å². The zero-order valence-electron chi connectivity index (χ0n) is 14.3. The summed E-state index contributed by atoms with van der Waals surface area (Å²) in [5.41, 5.74) is 6.30. The van der Waals surface area contributed by atoms with Gasteiger partial charge in [-0.2, -0.15) is 5.10 Å². The second kappa shape index (κ2) is 7.30. The summed E-state index contributed by atoms with van der Waals surface area (Å²) in [6, 6.07) is 2.83. The molecule has 0 unspecified atom stereocenters. The first-order valence-corrected chi connectivity index (χ1v) is 8.88. The molecule has 2 fully saturated rings. The SMILES string of the molecule is Cc1cc(/C=N/NC(=O)CCN2CCCCC2)c(C)n1C1CC1. The molecule has 0 aromatic carbocycles. The van der Waals surface area contributed by atoms with Crippen LogP contribution in [0.15, 0.2) is 11.2 Å². The van der Waals surface area contributed by atoms with Gasteiger partial charge in [0.05, 0.1) is 6.21 Å². The molecule has 2 heterocycles. The van der Waals surface area contributed by atoms with Gasteiger partial charge in [0.25, 0.3) is 0 Å². The number of aryl methyl sites for hydroxylation is 1. The Bertz CT molecular complexity index is 580. The number of carbonyl (C=O) groups is 1. The highest BCUT2D eigenvalue weighted by Gasteiger charge is 2.26. The summed E-state index contributed by atoms with van der Waals surface area (Å²) in [4.78, 5) is 14.3. The van der Waals surface area contributed by atoms with Gasteiger partial charge in [0.1, 0.15) is 0 Å². The maximum Gasteiger partial charge on any atom is 0.241 e. The van der Waals surface area contributed by atoms with Gasteiger partial charge in [0, 0.05) is 36.0 Å². The average Bonchev–Trinajstić information content (AvgIpc) is 3.33. The van der Waals surface area contributed by atoms with E-state index in [1.807, 2.05) is 0 Å². The van der Waals surface area contributed by atoms with E-state index in [4.69, 9.17) is 0 Å². The molecule has 0 atom stereocenters. The highest BCUT2D eigenvalue weighted by molar-refractivity contribution is 5.84. The fraction of sp³-hybridized carbons (Fsp3) is 0.667. The number of hydrogen-bond donors (Lipinski definition) is 1. The van der Waals surface area contributed by atoms with E-state index in [1.54, 1.807) is 6.21 Å². The number of rotatable bonds is 6. The van der Waals surface area contributed by atoms with E-state index in [0.29, 0.717) is 12.5 Å². The van der Waals surface area contributed by atoms with Gasteiger partial charge in [-0.15, -0.1) is 0 Å². The summed E-state index contributed by atoms with van der Waals surface area (Å²) in [5.74, 6) is 0.00261. The summed E-state index contributed by atoms with van der Waals surface area (Å²) in [5, 5.41) is 4.14. The smallest absolute Gasteiger partial charge is 0.241 e. The highest BCUT2D eigenvalue weighted by atomic mass is 16.2. The second-order valence-corrected chi connectivity index (χ2v) is 6.87. The van der Waals surface area contributed by atoms with Gasteiger partial charge in [-0.05, 0) is 58.7 Å². The minimum atomic E-state index is 0.00261. The molecule has 1 aromatic heterocycles. The molecule has 0 spiro atoms. The van der Waals surface area contributed by atoms with Crippen molar-refractivity contribution in [1.82, 2.24) is 14.9 Å². The van der Waals surface area contributed by atoms with Crippen molar-refractivity contribution in [3.05, 3.63) is 23.0 Å². The van der Waals surface area contributed by atoms with Gasteiger partial charge in [-0.1, -0.05) is 6.42 Å². The molecule has 1 N–H and O–H groups in total. The van der Waals surface area contributed by atoms with Gasteiger partial charge >= 0.3 is 0 Å². The topological polar surface area (TPSA) is 49.6 Å². The lowest BCUT2D eigenvalue weighted by Gasteiger charge is -2.25. The Balaban J connectivity index is 1.46. The number of carbonyl (C=O) groups excluding carboxylic acids is 1. The molecule has 1 aliphatic heterocycles. The van der Waals surface area contributed by atoms with E-state index < -0.39 is 0 Å². The minimum Gasteiger partial charge on any atom is -0.345 e. The van der Waals surface area contributed by atoms with Crippen LogP contribution in [0.5, 0.6) is 0 Å². The molecule has 0 radical (unpaired) electrons. The summed E-state index contributed by atoms with van der Waals surface area (Å²) in [6.45, 7) is 7.37. The first kappa shape index (κ1) is 16.2. The average molecular weight is 316 g/mol. The number of amides is 1. The third-order valence-electron chi connectivity index (χ3n) is 4.93. The first-order valence-electron chi connectivity index (χ1n) is 8.88. The minimum absolute atomic E-state index is 0.00261. The van der Waals surface area contributed by atoms with Crippen LogP contribution in [0.1, 0.15) is 61.5 Å². The third-order valence-corrected chi connectivity index (χ3v) is 4.93. The van der Waals surface area contributed by atoms with Crippen LogP contribution in [0.25, 0.3) is 0 Å². The maximum atomic E-state index is 11.9. The fourth-order valence-corrected chi connectivity index (χ4v) is 3.50. The van der Waals surface area contributed by atoms with Crippen molar-refractivity contribution in [2.75, 3.05) is 19.6 Å². The van der Waals surface area contributed by atoms with Crippen molar-refractivity contribution >= 4 is 12.1 Å². The Kier molecular flexibility index (Phi) is 5.16. The second-order valence-electron chi connectivity index (χ2n) is 6.87. The zero-order valence-corrected chi connectivity index (χ0v) is 14.3. The van der Waals surface area contributed by atoms with Gasteiger partial charge in [0.2, 0.25) is 5.91 Å². The lowest BCUT2D eigenvalue weighted by Crippen LogP contribution is -2.33. The van der Waals surface area contributed by atoms with E-state index >= 15 is 0 Å². The van der Waals surface area contributed by atoms with Crippen LogP contribution < -0.4 is 5.43 Å². The monoisotopic (exact) mass is 316 g/mol. The summed E-state index contributed by atoms with van der Waals surface area (Å²) < 4.78 is 2.39. The lowest BCUT2D eigenvalue weighted by atomic mass is 10.1. The first-order chi connectivity index (χ1) is 11.1. The predicted molar refractivity (Wildman–Crippen MR) is 92.8 cm³/mol. The molecule has 1 aliphatic carbocycles. The van der Waals surface area contributed by atoms with E-state index in [2.05, 4.69) is 39.9 Å². The van der Waals surface area contributed by atoms with Crippen molar-refractivity contribution in [3.8, 4) is 0 Å². The summed E-state index contributed by atoms with van der Waals surface area (Å²) >= 11 is 0. The standard InChI is InChI=1S/C18H28N4O/c1-14-12-16(15(2)22(14)17-6-7-17)13-19-20-18(23)8-11-21-9-4-3-5-10-21/h12-13,17H,3-11H2,1-2H3,(H,20,23)/b19-13+. The molecular weight excluding hydrogens is 288 g/mol. The molecule has 5 nitrogen and oxygen atoms in total. The number of piperidine rings is 1. The normalized spacial score (nSPS) is 19.4. The number of nitrogens with one attached hydrogen (secondary N) is 1. The molecule has 3 rings (SSSR count). The van der Waals surface area contributed by atoms with Crippen LogP contribution in [-0.4, -0.2) is 41.2 Å². The Hall–Kier alpha value is -1.62. The molecule has 1 aromatic rings. The van der Waals surface area contributed by atoms with E-state index in [-0.39, 0.29) is 5.91 Å². The van der Waals surface area contributed by atoms with Crippen LogP contribution in [0.2, 0.25) is 0 Å². The molecule has 1 saturated carbocycles. The van der Waals surface area contributed by atoms with Crippen molar-refractivity contribution < 1.29 is 4.79 Å². The van der Waals surface area contributed by atoms with Crippen molar-refractivity contribution in [3.63, 3.8) is 0 Å². The van der Waals surface area contributed by atoms with E-state index in [0.717, 1.165) is 25.2 Å². The van der Waals surface area contributed by atoms with Crippen LogP contribution in [0.4, 0.5) is 0 Å². The van der Waals surface area contributed by atoms with E-state index in [1.165, 1.54) is 43.5 Å². The Morgan fingerprint density at radius 2 is 2.04 bits per heavy atom. The van der Waals surface area contributed by atoms with Crippen LogP contribution in [-0.2, 0) is 4.79 Å². The quantitative estimate of drug-likeness (QED) is 0.648. The fourth-order valence-electron chi connectivity index (χ4n) is 3.50. The zero-order chi connectivity index (χ0) is 16.2. The Morgan fingerprint density at radius 1 is 1.30 bits per heavy atom. The number of hydrazone groups is 1. The van der Waals surface area contributed by atoms with Gasteiger partial charge < -0.3 is 9.47 Å². The largest absolute Gasteiger partial charge is 0.345 e. The molecule has 126 valence electrons. The summed E-state index contributed by atoms with van der Waals surface area (Å²) in [6.07, 6.45) is 8.71. The molecule has 1 amide bonds. The molecule has 5 heteroatoms. The molecule has 23 heavy (non-hydrogen) atoms. The van der Waals surface area contributed by atoms with Crippen LogP contribution in [0, 0.1) is 13.8 Å². The Morgan fingerprint density at radius 3 is 2.74 bits per heavy atom. The molecule has 0 bridgehead atoms. The lowest BCUT2D eigenvalue weighted by molar-refractivity contribution is -0.121. The summed E-state index contributed by atoms with van der Waals surface area (Å²) in [7, 11) is 0. The van der Waals surface area contributed by atoms with Crippen molar-refractivity contribution in [1.29, 1.82) is 0 Å². The van der Waals surface area contributed by atoms with Crippen molar-refractivity contribution in [2.24, 2.45) is 5.10 Å². The maximum absolute atomic E-state index is 11.9. The highest BCUT2D eigenvalue weighted by Crippen LogP contribution is 2.38. The predicted octanol–water partition coefficient (Wildman–Crippen LogP) is 2.77. The van der Waals surface area contributed by atoms with Crippen molar-refractivity contribution in [2.45, 2.75) is 58.4 Å². The van der Waals surface area contributed by atoms with Gasteiger partial charge in [-0.25, -0.2) is 5.43 Å². The van der Waals surface area contributed by atoms with E-state index in [9.17, 15) is 4.79 Å². The third kappa shape index (κ3) is 4.22. The number of likely N-dealkylation sites (tertiary alicyclic amines) is 1. The van der Waals surface area contributed by atoms with Crippen LogP contribution >= 0.6 is 0 Å². The molecule has 1 saturated heterocycles. The number of nitrogens with zero attached hydrogens (tertiary/aromatic N) is 3. The number of hydrogen-bond acceptors (Lipinski definition) is 3. The van der Waals surface area contributed by atoms with Crippen LogP contribution in [0.3, 0.4) is 0 Å². The van der Waals surface area contributed by atoms with Gasteiger partial charge in [0.15, 0.2) is 0 Å². The molecular formula is C18H28N4O. The Labute approximate surface area is 138 Å². The number of aromatic nitrogens is 1.